The van der Waals surface area contributed by atoms with Gasteiger partial charge in [0.1, 0.15) is 17.6 Å². The Kier molecular flexibility index (Phi) is 5.18. The van der Waals surface area contributed by atoms with Crippen LogP contribution in [0.3, 0.4) is 0 Å². The predicted molar refractivity (Wildman–Crippen MR) is 93.3 cm³/mol. The van der Waals surface area contributed by atoms with Crippen LogP contribution in [0.1, 0.15) is 31.7 Å². The summed E-state index contributed by atoms with van der Waals surface area (Å²) in [4.78, 5) is 27.1. The van der Waals surface area contributed by atoms with Crippen LogP contribution in [0.15, 0.2) is 18.2 Å². The molecule has 2 aliphatic heterocycles. The lowest BCUT2D eigenvalue weighted by atomic mass is 9.76. The highest BCUT2D eigenvalue weighted by Gasteiger charge is 2.48. The molecule has 2 aliphatic rings. The number of rotatable bonds is 4. The van der Waals surface area contributed by atoms with Gasteiger partial charge in [-0.25, -0.2) is 4.39 Å². The van der Waals surface area contributed by atoms with Crippen molar-refractivity contribution in [2.45, 2.75) is 38.8 Å². The summed E-state index contributed by atoms with van der Waals surface area (Å²) in [7, 11) is 1.52. The fourth-order valence-electron chi connectivity index (χ4n) is 4.30. The van der Waals surface area contributed by atoms with E-state index in [1.54, 1.807) is 13.0 Å². The lowest BCUT2D eigenvalue weighted by molar-refractivity contribution is -0.142. The average molecular weight is 364 g/mol. The maximum absolute atomic E-state index is 13.7. The van der Waals surface area contributed by atoms with Crippen molar-refractivity contribution in [1.29, 1.82) is 0 Å². The highest BCUT2D eigenvalue weighted by atomic mass is 19.1. The van der Waals surface area contributed by atoms with Gasteiger partial charge in [0.15, 0.2) is 0 Å². The number of likely N-dealkylation sites (tertiary alicyclic amines) is 2. The van der Waals surface area contributed by atoms with E-state index < -0.39 is 12.0 Å². The monoisotopic (exact) mass is 364 g/mol. The second-order valence-corrected chi connectivity index (χ2v) is 7.43. The maximum atomic E-state index is 13.7. The highest BCUT2D eigenvalue weighted by Crippen LogP contribution is 2.44. The van der Waals surface area contributed by atoms with Gasteiger partial charge < -0.3 is 14.7 Å². The van der Waals surface area contributed by atoms with E-state index in [0.717, 1.165) is 12.8 Å². The van der Waals surface area contributed by atoms with Crippen LogP contribution in [-0.4, -0.2) is 59.6 Å². The SMILES string of the molecule is COc1ccc(F)cc1CN1CC2(CCN(C(C)=O)CC2)C[C@H]1C(=O)O. The van der Waals surface area contributed by atoms with Crippen molar-refractivity contribution >= 4 is 11.9 Å². The molecule has 26 heavy (non-hydrogen) atoms. The second-order valence-electron chi connectivity index (χ2n) is 7.43. The van der Waals surface area contributed by atoms with Crippen molar-refractivity contribution in [3.63, 3.8) is 0 Å². The van der Waals surface area contributed by atoms with E-state index in [1.807, 2.05) is 9.80 Å². The molecular formula is C19H25FN2O4. The van der Waals surface area contributed by atoms with E-state index in [4.69, 9.17) is 4.74 Å². The third-order valence-corrected chi connectivity index (χ3v) is 5.78. The van der Waals surface area contributed by atoms with Gasteiger partial charge in [-0.3, -0.25) is 14.5 Å². The maximum Gasteiger partial charge on any atom is 0.320 e. The largest absolute Gasteiger partial charge is 0.496 e. The number of hydrogen-bond acceptors (Lipinski definition) is 4. The minimum Gasteiger partial charge on any atom is -0.496 e. The normalized spacial score (nSPS) is 22.6. The molecule has 0 bridgehead atoms. The van der Waals surface area contributed by atoms with Crippen LogP contribution >= 0.6 is 0 Å². The van der Waals surface area contributed by atoms with Crippen LogP contribution in [-0.2, 0) is 16.1 Å². The summed E-state index contributed by atoms with van der Waals surface area (Å²) < 4.78 is 19.0. The lowest BCUT2D eigenvalue weighted by Gasteiger charge is -2.39. The zero-order chi connectivity index (χ0) is 18.9. The summed E-state index contributed by atoms with van der Waals surface area (Å²) in [6.07, 6.45) is 2.16. The number of piperidine rings is 1. The molecule has 1 aromatic carbocycles. The average Bonchev–Trinajstić information content (AvgIpc) is 2.94. The molecule has 2 fully saturated rings. The number of carboxylic acid groups (broad SMARTS) is 1. The van der Waals surface area contributed by atoms with E-state index in [0.29, 0.717) is 43.9 Å². The quantitative estimate of drug-likeness (QED) is 0.886. The van der Waals surface area contributed by atoms with E-state index in [9.17, 15) is 19.1 Å². The molecule has 3 rings (SSSR count). The molecule has 0 saturated carbocycles. The van der Waals surface area contributed by atoms with Crippen LogP contribution < -0.4 is 4.74 Å². The number of carbonyl (C=O) groups excluding carboxylic acids is 1. The summed E-state index contributed by atoms with van der Waals surface area (Å²) in [5.74, 6) is -0.598. The van der Waals surface area contributed by atoms with Gasteiger partial charge in [-0.2, -0.15) is 0 Å². The fraction of sp³-hybridized carbons (Fsp3) is 0.579. The van der Waals surface area contributed by atoms with Crippen LogP contribution in [0.25, 0.3) is 0 Å². The Hall–Kier alpha value is -2.15. The molecule has 0 aliphatic carbocycles. The van der Waals surface area contributed by atoms with Gasteiger partial charge >= 0.3 is 5.97 Å². The lowest BCUT2D eigenvalue weighted by Crippen LogP contribution is -2.43. The molecule has 142 valence electrons. The van der Waals surface area contributed by atoms with Crippen molar-refractivity contribution in [2.24, 2.45) is 5.41 Å². The number of amides is 1. The van der Waals surface area contributed by atoms with Crippen molar-refractivity contribution in [1.82, 2.24) is 9.80 Å². The summed E-state index contributed by atoms with van der Waals surface area (Å²) in [5.41, 5.74) is 0.548. The zero-order valence-electron chi connectivity index (χ0n) is 15.2. The Morgan fingerprint density at radius 2 is 2.04 bits per heavy atom. The molecule has 1 aromatic rings. The number of nitrogens with zero attached hydrogens (tertiary/aromatic N) is 2. The highest BCUT2D eigenvalue weighted by molar-refractivity contribution is 5.74. The first-order valence-electron chi connectivity index (χ1n) is 8.88. The number of carboxylic acids is 1. The Bertz CT molecular complexity index is 701. The van der Waals surface area contributed by atoms with Gasteiger partial charge in [-0.1, -0.05) is 0 Å². The number of halogens is 1. The Morgan fingerprint density at radius 1 is 1.35 bits per heavy atom. The molecule has 0 aromatic heterocycles. The smallest absolute Gasteiger partial charge is 0.320 e. The summed E-state index contributed by atoms with van der Waals surface area (Å²) in [6.45, 7) is 3.86. The van der Waals surface area contributed by atoms with Gasteiger partial charge in [-0.15, -0.1) is 0 Å². The number of benzene rings is 1. The first-order valence-corrected chi connectivity index (χ1v) is 8.88. The van der Waals surface area contributed by atoms with E-state index in [2.05, 4.69) is 0 Å². The van der Waals surface area contributed by atoms with Gasteiger partial charge in [0.25, 0.3) is 0 Å². The first-order chi connectivity index (χ1) is 12.3. The van der Waals surface area contributed by atoms with Crippen molar-refractivity contribution in [3.8, 4) is 5.75 Å². The Balaban J connectivity index is 1.78. The number of aliphatic carboxylic acids is 1. The molecule has 0 unspecified atom stereocenters. The molecule has 0 radical (unpaired) electrons. The molecular weight excluding hydrogens is 339 g/mol. The third kappa shape index (κ3) is 3.67. The molecule has 1 N–H and O–H groups in total. The second kappa shape index (κ2) is 7.23. The topological polar surface area (TPSA) is 70.1 Å². The summed E-state index contributed by atoms with van der Waals surface area (Å²) >= 11 is 0. The van der Waals surface area contributed by atoms with E-state index >= 15 is 0 Å². The minimum atomic E-state index is -0.855. The summed E-state index contributed by atoms with van der Waals surface area (Å²) in [5, 5.41) is 9.69. The van der Waals surface area contributed by atoms with Crippen molar-refractivity contribution in [3.05, 3.63) is 29.6 Å². The standard InChI is InChI=1S/C19H25FN2O4/c1-13(23)21-7-5-19(6-8-21)10-16(18(24)25)22(12-19)11-14-9-15(20)3-4-17(14)26-2/h3-4,9,16H,5-8,10-12H2,1-2H3,(H,24,25)/t16-/m0/s1. The number of methoxy groups -OCH3 is 1. The predicted octanol–water partition coefficient (Wildman–Crippen LogP) is 2.12. The van der Waals surface area contributed by atoms with Crippen LogP contribution in [0, 0.1) is 11.2 Å². The third-order valence-electron chi connectivity index (χ3n) is 5.78. The summed E-state index contributed by atoms with van der Waals surface area (Å²) in [6, 6.07) is 3.70. The number of carbonyl (C=O) groups is 2. The molecule has 2 saturated heterocycles. The molecule has 1 amide bonds. The minimum absolute atomic E-state index is 0.0639. The molecule has 1 spiro atoms. The molecule has 2 heterocycles. The van der Waals surface area contributed by atoms with Gasteiger partial charge in [0.05, 0.1) is 7.11 Å². The van der Waals surface area contributed by atoms with Gasteiger partial charge in [0.2, 0.25) is 5.91 Å². The molecule has 6 nitrogen and oxygen atoms in total. The molecule has 1 atom stereocenters. The van der Waals surface area contributed by atoms with Crippen molar-refractivity contribution in [2.75, 3.05) is 26.7 Å². The van der Waals surface area contributed by atoms with E-state index in [1.165, 1.54) is 19.2 Å². The number of hydrogen-bond donors (Lipinski definition) is 1. The fourth-order valence-corrected chi connectivity index (χ4v) is 4.30. The first kappa shape index (κ1) is 18.6. The molecule has 7 heteroatoms. The van der Waals surface area contributed by atoms with Gasteiger partial charge in [0, 0.05) is 38.7 Å². The van der Waals surface area contributed by atoms with Crippen LogP contribution in [0.2, 0.25) is 0 Å². The number of ether oxygens (including phenoxy) is 1. The van der Waals surface area contributed by atoms with Gasteiger partial charge in [-0.05, 0) is 42.9 Å². The van der Waals surface area contributed by atoms with Crippen LogP contribution in [0.4, 0.5) is 4.39 Å². The Labute approximate surface area is 152 Å². The van der Waals surface area contributed by atoms with E-state index in [-0.39, 0.29) is 17.1 Å². The van der Waals surface area contributed by atoms with Crippen LogP contribution in [0.5, 0.6) is 5.75 Å². The zero-order valence-corrected chi connectivity index (χ0v) is 15.2. The van der Waals surface area contributed by atoms with Crippen molar-refractivity contribution < 1.29 is 23.8 Å². The Morgan fingerprint density at radius 3 is 2.62 bits per heavy atom.